The molecule has 13 atom stereocenters. The van der Waals surface area contributed by atoms with Crippen molar-refractivity contribution in [3.05, 3.63) is 0 Å². The van der Waals surface area contributed by atoms with Crippen LogP contribution in [-0.2, 0) is 0 Å². The molecule has 93 heavy (non-hydrogen) atoms. The van der Waals surface area contributed by atoms with E-state index < -0.39 is 0 Å². The lowest BCUT2D eigenvalue weighted by molar-refractivity contribution is -0.943. The fraction of sp³-hybridized carbons (Fsp3) is 1.00. The molecule has 558 valence electrons. The van der Waals surface area contributed by atoms with Crippen LogP contribution in [0.2, 0.25) is 0 Å². The lowest BCUT2D eigenvalue weighted by Crippen LogP contribution is -2.55. The van der Waals surface area contributed by atoms with Crippen molar-refractivity contribution in [1.29, 1.82) is 0 Å². The first-order valence-corrected chi connectivity index (χ1v) is 38.7. The Morgan fingerprint density at radius 2 is 0.785 bits per heavy atom. The van der Waals surface area contributed by atoms with Gasteiger partial charge in [0, 0.05) is 41.3 Å². The zero-order chi connectivity index (χ0) is 73.7. The van der Waals surface area contributed by atoms with E-state index in [9.17, 15) is 0 Å². The lowest BCUT2D eigenvalue weighted by Gasteiger charge is -2.40. The Balaban J connectivity index is 0.000000543. The van der Waals surface area contributed by atoms with E-state index in [1.54, 1.807) is 0 Å². The van der Waals surface area contributed by atoms with Crippen LogP contribution in [-0.4, -0.2) is 333 Å². The van der Waals surface area contributed by atoms with Crippen molar-refractivity contribution < 1.29 is 31.4 Å². The fourth-order valence-corrected chi connectivity index (χ4v) is 17.4. The molecule has 0 saturated carbocycles. The smallest absolute Gasteiger partial charge is 0.135 e. The Hall–Kier alpha value is -0.560. The molecule has 7 rings (SSSR count). The SMILES string of the molecule is CCN1C[N@+](C)(CC)C(C)C1C.CC[N@@+]1(C)CN(C(C)(C)C)C(C)(C)C1.CC[N@@+]1(C)CN(C(C)(C)C)C(C)C1C.CC[N@@+]1(C)CN(C(C)(C)C)CC1(C)C.CC[N@@+]1(C)CN(C(C)C)C(C)(C)C1.CC[N@@+]1(C)CN(C(C)C)C(C)C1C.CC[N@@+]1(C)CN(C(C)C)CC1(C)C. The zero-order valence-electron chi connectivity index (χ0n) is 72.4. The minimum Gasteiger partial charge on any atom is -0.312 e. The van der Waals surface area contributed by atoms with Crippen molar-refractivity contribution in [3.8, 4) is 0 Å². The number of likely N-dealkylation sites (N-methyl/N-ethyl adjacent to an activating group) is 8. The standard InChI is InChI=1S/3C12H27N2.3C11H25N2.C10H23N2/c1-8-14(7)9-12(5,6)13(10-14)11(2,3)4;1-8-14(7)10-13(11(2,3)4)9-12(14,5)6;1-8-14(7)9-13(12(4,5)6)10(2)11(14)3;1-7-13(6)8-11(4,5)12(9-13)10(2)3;1-7-13(6)9-12(10(2)3)8-11(13,4)5;1-7-13(6)8-12(9(2)3)10(4)11(13)5;1-6-11-8-12(5,7-2)10(4)9(11)3/h2*8-10H2,1-7H3;10-11H,8-9H2,1-7H3;2*10H,7-9H2,1-6H3;9-11H,7-8H2,1-6H3;9-10H,6-8H2,1-5H3/q7*+1/t2*14-;10?,11?,14-;2*13-;10?,11?,13-;9?,10?,12-/m1001000/s1. The van der Waals surface area contributed by atoms with Gasteiger partial charge in [-0.15, -0.1) is 0 Å². The van der Waals surface area contributed by atoms with E-state index >= 15 is 0 Å². The summed E-state index contributed by atoms with van der Waals surface area (Å²) in [7, 11) is 16.6. The van der Waals surface area contributed by atoms with Crippen LogP contribution in [0.25, 0.3) is 0 Å². The van der Waals surface area contributed by atoms with Crippen LogP contribution in [0.5, 0.6) is 0 Å². The van der Waals surface area contributed by atoms with Gasteiger partial charge >= 0.3 is 0 Å². The highest BCUT2D eigenvalue weighted by Crippen LogP contribution is 2.38. The van der Waals surface area contributed by atoms with Crippen LogP contribution in [0.1, 0.15) is 256 Å². The molecule has 6 unspecified atom stereocenters. The van der Waals surface area contributed by atoms with Crippen molar-refractivity contribution in [3.63, 3.8) is 0 Å². The number of hydrogen-bond donors (Lipinski definition) is 0. The van der Waals surface area contributed by atoms with E-state index in [1.165, 1.54) is 157 Å². The maximum atomic E-state index is 2.64. The summed E-state index contributed by atoms with van der Waals surface area (Å²) in [5.41, 5.74) is 2.42. The van der Waals surface area contributed by atoms with Crippen molar-refractivity contribution >= 4 is 0 Å². The Labute approximate surface area is 586 Å². The predicted molar refractivity (Wildman–Crippen MR) is 412 cm³/mol. The first kappa shape index (κ1) is 90.5. The van der Waals surface area contributed by atoms with Crippen molar-refractivity contribution in [2.24, 2.45) is 0 Å². The largest absolute Gasteiger partial charge is 0.312 e. The molecule has 0 radical (unpaired) electrons. The number of rotatable bonds is 11. The normalized spacial score (nSPS) is 37.3. The molecule has 0 amide bonds. The van der Waals surface area contributed by atoms with Gasteiger partial charge < -0.3 is 31.4 Å². The van der Waals surface area contributed by atoms with E-state index in [0.717, 1.165) is 30.2 Å². The number of quaternary nitrogens is 7. The van der Waals surface area contributed by atoms with Gasteiger partial charge in [-0.1, -0.05) is 6.92 Å². The van der Waals surface area contributed by atoms with Gasteiger partial charge in [-0.25, -0.2) is 34.3 Å². The van der Waals surface area contributed by atoms with Gasteiger partial charge in [0.05, 0.1) is 151 Å². The van der Waals surface area contributed by atoms with Gasteiger partial charge in [-0.3, -0.25) is 0 Å². The molecule has 14 nitrogen and oxygen atoms in total. The molecule has 0 aromatic carbocycles. The summed E-state index contributed by atoms with van der Waals surface area (Å²) in [5, 5.41) is 0. The summed E-state index contributed by atoms with van der Waals surface area (Å²) in [6.07, 6.45) is 0. The summed E-state index contributed by atoms with van der Waals surface area (Å²) in [6.45, 7) is 110. The van der Waals surface area contributed by atoms with Crippen LogP contribution in [0.15, 0.2) is 0 Å². The Bertz CT molecular complexity index is 2190. The maximum Gasteiger partial charge on any atom is 0.135 e. The highest BCUT2D eigenvalue weighted by atomic mass is 15.6. The van der Waals surface area contributed by atoms with Crippen LogP contribution in [0, 0.1) is 0 Å². The summed E-state index contributed by atoms with van der Waals surface area (Å²) < 4.78 is 8.36. The molecule has 7 saturated heterocycles. The van der Waals surface area contributed by atoms with Crippen LogP contribution < -0.4 is 0 Å². The highest BCUT2D eigenvalue weighted by Gasteiger charge is 2.54. The predicted octanol–water partition coefficient (Wildman–Crippen LogP) is 14.2. The minimum absolute atomic E-state index is 0.286. The van der Waals surface area contributed by atoms with Gasteiger partial charge in [-0.05, 0) is 249 Å². The van der Waals surface area contributed by atoms with E-state index in [0.29, 0.717) is 57.4 Å². The molecule has 0 aliphatic carbocycles. The van der Waals surface area contributed by atoms with Gasteiger partial charge in [-0.2, -0.15) is 0 Å². The highest BCUT2D eigenvalue weighted by molar-refractivity contribution is 4.93. The monoisotopic (exact) mass is 1320 g/mol. The molecular weight excluding hydrogens is 1140 g/mol. The molecule has 0 bridgehead atoms. The fourth-order valence-electron chi connectivity index (χ4n) is 17.4. The minimum atomic E-state index is 0.286. The topological polar surface area (TPSA) is 22.7 Å². The van der Waals surface area contributed by atoms with E-state index in [1.807, 2.05) is 0 Å². The van der Waals surface area contributed by atoms with Crippen molar-refractivity contribution in [2.75, 3.05) is 175 Å². The van der Waals surface area contributed by atoms with E-state index in [4.69, 9.17) is 0 Å². The molecule has 7 heterocycles. The Morgan fingerprint density at radius 1 is 0.387 bits per heavy atom. The maximum absolute atomic E-state index is 2.64. The number of nitrogens with zero attached hydrogens (tertiary/aromatic N) is 14. The molecule has 0 aromatic rings. The average Bonchev–Trinajstić information content (AvgIpc) is 1.72. The van der Waals surface area contributed by atoms with Gasteiger partial charge in [0.15, 0.2) is 0 Å². The second-order valence-corrected chi connectivity index (χ2v) is 39.7. The summed E-state index contributed by atoms with van der Waals surface area (Å²) in [6, 6.07) is 6.52. The Morgan fingerprint density at radius 3 is 1.01 bits per heavy atom. The Kier molecular flexibility index (Phi) is 32.1. The van der Waals surface area contributed by atoms with E-state index in [2.05, 4.69) is 340 Å². The van der Waals surface area contributed by atoms with Gasteiger partial charge in [0.2, 0.25) is 0 Å². The first-order valence-electron chi connectivity index (χ1n) is 38.7. The summed E-state index contributed by atoms with van der Waals surface area (Å²) >= 11 is 0. The van der Waals surface area contributed by atoms with Gasteiger partial charge in [0.1, 0.15) is 75.9 Å². The van der Waals surface area contributed by atoms with Gasteiger partial charge in [0.25, 0.3) is 0 Å². The molecule has 14 heteroatoms. The number of hydrogen-bond acceptors (Lipinski definition) is 7. The zero-order valence-corrected chi connectivity index (χ0v) is 72.4. The van der Waals surface area contributed by atoms with Crippen molar-refractivity contribution in [2.45, 2.75) is 349 Å². The van der Waals surface area contributed by atoms with Crippen LogP contribution in [0.3, 0.4) is 0 Å². The average molecular weight is 1330 g/mol. The second-order valence-electron chi connectivity index (χ2n) is 39.7. The second kappa shape index (κ2) is 33.0. The molecule has 0 spiro atoms. The van der Waals surface area contributed by atoms with Crippen LogP contribution >= 0.6 is 0 Å². The molecule has 0 N–H and O–H groups in total. The van der Waals surface area contributed by atoms with Crippen molar-refractivity contribution in [1.82, 2.24) is 34.3 Å². The first-order chi connectivity index (χ1) is 41.5. The molecule has 0 aromatic heterocycles. The quantitative estimate of drug-likeness (QED) is 0.190. The third-order valence-electron chi connectivity index (χ3n) is 27.3. The summed E-state index contributed by atoms with van der Waals surface area (Å²) in [4.78, 5) is 18.3. The lowest BCUT2D eigenvalue weighted by atomic mass is 9.97. The third kappa shape index (κ3) is 22.2. The molecular formula is C79H179N14+7. The molecule has 7 aliphatic heterocycles. The molecule has 7 fully saturated rings. The van der Waals surface area contributed by atoms with Crippen LogP contribution in [0.4, 0.5) is 0 Å². The molecule has 7 aliphatic rings. The summed E-state index contributed by atoms with van der Waals surface area (Å²) in [5.74, 6) is 0. The third-order valence-corrected chi connectivity index (χ3v) is 27.3. The van der Waals surface area contributed by atoms with E-state index in [-0.39, 0.29) is 5.54 Å².